The number of aliphatic hydroxyl groups is 2. The van der Waals surface area contributed by atoms with Gasteiger partial charge in [0.25, 0.3) is 0 Å². The molecule has 0 aliphatic rings. The summed E-state index contributed by atoms with van der Waals surface area (Å²) in [5.74, 6) is -0.945. The molecule has 0 radical (unpaired) electrons. The van der Waals surface area contributed by atoms with Crippen LogP contribution < -0.4 is 0 Å². The Labute approximate surface area is 303 Å². The lowest BCUT2D eigenvalue weighted by Crippen LogP contribution is -2.29. The summed E-state index contributed by atoms with van der Waals surface area (Å²) in [4.78, 5) is 34.7. The zero-order chi connectivity index (χ0) is 37.0. The number of hydrogen-bond acceptors (Lipinski definition) is 9. The van der Waals surface area contributed by atoms with Gasteiger partial charge in [0, 0.05) is 12.8 Å². The number of phosphoric ester groups is 1. The van der Waals surface area contributed by atoms with E-state index < -0.39 is 51.8 Å². The number of rotatable bonds is 36. The average Bonchev–Trinajstić information content (AvgIpc) is 3.10. The smallest absolute Gasteiger partial charge is 0.462 e. The van der Waals surface area contributed by atoms with Gasteiger partial charge in [-0.05, 0) is 51.4 Å². The molecule has 11 heteroatoms. The first kappa shape index (κ1) is 48.2. The topological polar surface area (TPSA) is 149 Å². The molecule has 0 spiro atoms. The number of allylic oxidation sites excluding steroid dienone is 6. The fourth-order valence-corrected chi connectivity index (χ4v) is 5.79. The Balaban J connectivity index is 4.32. The Kier molecular flexibility index (Phi) is 34.3. The van der Waals surface area contributed by atoms with E-state index in [1.165, 1.54) is 51.4 Å². The molecular weight excluding hydrogens is 659 g/mol. The van der Waals surface area contributed by atoms with E-state index in [1.807, 2.05) is 0 Å². The molecule has 0 saturated carbocycles. The molecule has 0 amide bonds. The van der Waals surface area contributed by atoms with Gasteiger partial charge in [-0.25, -0.2) is 4.57 Å². The summed E-state index contributed by atoms with van der Waals surface area (Å²) in [6, 6.07) is 0. The maximum absolute atomic E-state index is 12.5. The van der Waals surface area contributed by atoms with Crippen molar-refractivity contribution in [3.8, 4) is 0 Å². The van der Waals surface area contributed by atoms with Gasteiger partial charge in [-0.3, -0.25) is 18.6 Å². The highest BCUT2D eigenvalue weighted by Gasteiger charge is 2.27. The molecule has 3 atom stereocenters. The van der Waals surface area contributed by atoms with Crippen molar-refractivity contribution < 1.29 is 47.8 Å². The van der Waals surface area contributed by atoms with Crippen LogP contribution in [0.25, 0.3) is 0 Å². The molecule has 0 bridgehead atoms. The fraction of sp³-hybridized carbons (Fsp3) is 0.795. The number of esters is 2. The molecule has 0 aromatic heterocycles. The lowest BCUT2D eigenvalue weighted by Gasteiger charge is -2.20. The molecule has 3 N–H and O–H groups in total. The summed E-state index contributed by atoms with van der Waals surface area (Å²) in [7, 11) is -4.61. The predicted molar refractivity (Wildman–Crippen MR) is 201 cm³/mol. The highest BCUT2D eigenvalue weighted by molar-refractivity contribution is 7.47. The molecule has 50 heavy (non-hydrogen) atoms. The van der Waals surface area contributed by atoms with Crippen LogP contribution >= 0.6 is 7.82 Å². The Morgan fingerprint density at radius 2 is 1.04 bits per heavy atom. The molecule has 0 saturated heterocycles. The van der Waals surface area contributed by atoms with Gasteiger partial charge in [-0.2, -0.15) is 0 Å². The van der Waals surface area contributed by atoms with Crippen LogP contribution in [0.3, 0.4) is 0 Å². The molecule has 0 aliphatic heterocycles. The van der Waals surface area contributed by atoms with Crippen LogP contribution in [0.5, 0.6) is 0 Å². The van der Waals surface area contributed by atoms with Crippen molar-refractivity contribution in [1.82, 2.24) is 0 Å². The Bertz CT molecular complexity index is 936. The Morgan fingerprint density at radius 3 is 1.60 bits per heavy atom. The average molecular weight is 731 g/mol. The number of unbranched alkanes of at least 4 members (excludes halogenated alkanes) is 16. The first-order valence-electron chi connectivity index (χ1n) is 19.4. The van der Waals surface area contributed by atoms with E-state index in [0.29, 0.717) is 12.8 Å². The van der Waals surface area contributed by atoms with Crippen molar-refractivity contribution >= 4 is 19.8 Å². The van der Waals surface area contributed by atoms with E-state index in [-0.39, 0.29) is 19.4 Å². The van der Waals surface area contributed by atoms with Gasteiger partial charge in [0.1, 0.15) is 12.7 Å². The SMILES string of the molecule is CCCCC/C=C\C/C=C\C/C=C\CCCCCCCCC(=O)OC(COC(=O)CCCCCCCCCC)COP(=O)(O)OCC(O)CO. The maximum atomic E-state index is 12.5. The molecule has 0 aromatic carbocycles. The minimum atomic E-state index is -4.61. The Hall–Kier alpha value is -1.81. The summed E-state index contributed by atoms with van der Waals surface area (Å²) < 4.78 is 32.5. The van der Waals surface area contributed by atoms with Gasteiger partial charge in [0.05, 0.1) is 19.8 Å². The van der Waals surface area contributed by atoms with Gasteiger partial charge in [0.15, 0.2) is 6.10 Å². The molecule has 10 nitrogen and oxygen atoms in total. The molecule has 0 aliphatic carbocycles. The molecule has 0 aromatic rings. The summed E-state index contributed by atoms with van der Waals surface area (Å²) in [6.45, 7) is 2.28. The fourth-order valence-electron chi connectivity index (χ4n) is 5.00. The van der Waals surface area contributed by atoms with Gasteiger partial charge >= 0.3 is 19.8 Å². The quantitative estimate of drug-likeness (QED) is 0.0246. The van der Waals surface area contributed by atoms with Crippen molar-refractivity contribution in [1.29, 1.82) is 0 Å². The van der Waals surface area contributed by atoms with Crippen molar-refractivity contribution in [3.63, 3.8) is 0 Å². The van der Waals surface area contributed by atoms with E-state index in [2.05, 4.69) is 54.8 Å². The van der Waals surface area contributed by atoms with Crippen LogP contribution in [-0.2, 0) is 32.7 Å². The van der Waals surface area contributed by atoms with Crippen molar-refractivity contribution in [2.45, 2.75) is 174 Å². The number of phosphoric acid groups is 1. The predicted octanol–water partition coefficient (Wildman–Crippen LogP) is 9.61. The van der Waals surface area contributed by atoms with Gasteiger partial charge in [0.2, 0.25) is 0 Å². The number of aliphatic hydroxyl groups excluding tert-OH is 2. The normalized spacial score (nSPS) is 14.4. The van der Waals surface area contributed by atoms with Crippen molar-refractivity contribution in [2.24, 2.45) is 0 Å². The lowest BCUT2D eigenvalue weighted by atomic mass is 10.1. The van der Waals surface area contributed by atoms with E-state index in [1.54, 1.807) is 0 Å². The largest absolute Gasteiger partial charge is 0.472 e. The van der Waals surface area contributed by atoms with Crippen LogP contribution in [0.4, 0.5) is 0 Å². The maximum Gasteiger partial charge on any atom is 0.472 e. The summed E-state index contributed by atoms with van der Waals surface area (Å²) in [6.07, 6.45) is 34.1. The highest BCUT2D eigenvalue weighted by Crippen LogP contribution is 2.43. The molecular formula is C39H71O10P. The highest BCUT2D eigenvalue weighted by atomic mass is 31.2. The van der Waals surface area contributed by atoms with Crippen LogP contribution in [0, 0.1) is 0 Å². The van der Waals surface area contributed by atoms with Gasteiger partial charge in [-0.1, -0.05) is 134 Å². The van der Waals surface area contributed by atoms with Crippen molar-refractivity contribution in [2.75, 3.05) is 26.4 Å². The van der Waals surface area contributed by atoms with Crippen LogP contribution in [0.2, 0.25) is 0 Å². The second-order valence-corrected chi connectivity index (χ2v) is 14.4. The second-order valence-electron chi connectivity index (χ2n) is 13.0. The standard InChI is InChI=1S/C39H71O10P/c1-3-5-7-9-11-13-14-15-16-17-18-19-20-21-22-23-25-27-29-31-39(43)49-37(35-48-50(44,45)47-33-36(41)32-40)34-46-38(42)30-28-26-24-12-10-8-6-4-2/h11,13,15-16,18-19,36-37,40-41H,3-10,12,14,17,20-35H2,1-2H3,(H,44,45)/b13-11-,16-15-,19-18-. The minimum absolute atomic E-state index is 0.170. The summed E-state index contributed by atoms with van der Waals surface area (Å²) in [5.41, 5.74) is 0. The zero-order valence-electron chi connectivity index (χ0n) is 31.4. The van der Waals surface area contributed by atoms with Crippen LogP contribution in [0.15, 0.2) is 36.5 Å². The summed E-state index contributed by atoms with van der Waals surface area (Å²) >= 11 is 0. The zero-order valence-corrected chi connectivity index (χ0v) is 32.3. The van der Waals surface area contributed by atoms with Crippen LogP contribution in [0.1, 0.15) is 162 Å². The first-order chi connectivity index (χ1) is 24.2. The second kappa shape index (κ2) is 35.6. The van der Waals surface area contributed by atoms with E-state index >= 15 is 0 Å². The molecule has 0 fully saturated rings. The number of hydrogen-bond donors (Lipinski definition) is 3. The third kappa shape index (κ3) is 34.6. The van der Waals surface area contributed by atoms with Crippen molar-refractivity contribution in [3.05, 3.63) is 36.5 Å². The first-order valence-corrected chi connectivity index (χ1v) is 20.9. The molecule has 3 unspecified atom stereocenters. The third-order valence-corrected chi connectivity index (χ3v) is 9.00. The van der Waals surface area contributed by atoms with E-state index in [4.69, 9.17) is 19.1 Å². The van der Waals surface area contributed by atoms with E-state index in [9.17, 15) is 24.2 Å². The van der Waals surface area contributed by atoms with E-state index in [0.717, 1.165) is 70.6 Å². The summed E-state index contributed by atoms with van der Waals surface area (Å²) in [5, 5.41) is 18.2. The number of carbonyl (C=O) groups is 2. The number of ether oxygens (including phenoxy) is 2. The number of carbonyl (C=O) groups excluding carboxylic acids is 2. The third-order valence-electron chi connectivity index (χ3n) is 8.05. The molecule has 292 valence electrons. The monoisotopic (exact) mass is 730 g/mol. The van der Waals surface area contributed by atoms with Gasteiger partial charge in [-0.15, -0.1) is 0 Å². The van der Waals surface area contributed by atoms with Gasteiger partial charge < -0.3 is 24.6 Å². The molecule has 0 rings (SSSR count). The molecule has 0 heterocycles. The van der Waals surface area contributed by atoms with Crippen LogP contribution in [-0.4, -0.2) is 65.7 Å². The lowest BCUT2D eigenvalue weighted by molar-refractivity contribution is -0.161. The Morgan fingerprint density at radius 1 is 0.600 bits per heavy atom. The minimum Gasteiger partial charge on any atom is -0.462 e.